The minimum atomic E-state index is -3.45. The molecule has 0 saturated carbocycles. The molecule has 0 amide bonds. The predicted octanol–water partition coefficient (Wildman–Crippen LogP) is 2.43. The van der Waals surface area contributed by atoms with E-state index in [0.29, 0.717) is 11.4 Å². The van der Waals surface area contributed by atoms with Gasteiger partial charge in [0.25, 0.3) is 10.0 Å². The zero-order valence-corrected chi connectivity index (χ0v) is 11.8. The molecule has 1 aromatic rings. The summed E-state index contributed by atoms with van der Waals surface area (Å²) in [7, 11) is -3.45. The molecule has 0 aliphatic carbocycles. The Balaban J connectivity index is 3.13. The molecule has 0 aromatic carbocycles. The van der Waals surface area contributed by atoms with Crippen molar-refractivity contribution in [3.05, 3.63) is 17.0 Å². The van der Waals surface area contributed by atoms with Crippen LogP contribution in [0.3, 0.4) is 0 Å². The van der Waals surface area contributed by atoms with Crippen molar-refractivity contribution in [3.8, 4) is 6.07 Å². The summed E-state index contributed by atoms with van der Waals surface area (Å²) in [5, 5.41) is 8.72. The van der Waals surface area contributed by atoms with Crippen molar-refractivity contribution in [2.75, 3.05) is 6.54 Å². The van der Waals surface area contributed by atoms with Crippen molar-refractivity contribution in [3.63, 3.8) is 0 Å². The van der Waals surface area contributed by atoms with Crippen LogP contribution < -0.4 is 0 Å². The molecule has 0 spiro atoms. The molecule has 4 nitrogen and oxygen atoms in total. The topological polar surface area (TPSA) is 61.2 Å². The van der Waals surface area contributed by atoms with Gasteiger partial charge in [-0.15, -0.1) is 11.3 Å². The van der Waals surface area contributed by atoms with Crippen molar-refractivity contribution in [2.45, 2.75) is 37.4 Å². The third-order valence-corrected chi connectivity index (χ3v) is 6.20. The summed E-state index contributed by atoms with van der Waals surface area (Å²) in [5.74, 6) is 0. The second-order valence-electron chi connectivity index (χ2n) is 3.70. The minimum Gasteiger partial charge on any atom is -0.206 e. The Morgan fingerprint density at radius 2 is 2.12 bits per heavy atom. The fraction of sp³-hybridized carbons (Fsp3) is 0.545. The summed E-state index contributed by atoms with van der Waals surface area (Å²) in [4.78, 5) is 0.420. The van der Waals surface area contributed by atoms with E-state index in [2.05, 4.69) is 0 Å². The number of nitrogens with zero attached hydrogens (tertiary/aromatic N) is 2. The lowest BCUT2D eigenvalue weighted by Gasteiger charge is -2.25. The maximum atomic E-state index is 12.3. The van der Waals surface area contributed by atoms with Crippen molar-refractivity contribution in [1.82, 2.24) is 4.31 Å². The van der Waals surface area contributed by atoms with Gasteiger partial charge in [0.05, 0.1) is 0 Å². The lowest BCUT2D eigenvalue weighted by molar-refractivity contribution is 0.343. The van der Waals surface area contributed by atoms with Crippen LogP contribution in [0.1, 0.15) is 32.1 Å². The van der Waals surface area contributed by atoms with E-state index in [4.69, 9.17) is 5.26 Å². The Hall–Kier alpha value is -0.900. The number of hydrogen-bond donors (Lipinski definition) is 0. The second kappa shape index (κ2) is 5.63. The third-order valence-electron chi connectivity index (χ3n) is 2.65. The van der Waals surface area contributed by atoms with E-state index >= 15 is 0 Å². The van der Waals surface area contributed by atoms with Gasteiger partial charge in [-0.2, -0.15) is 9.57 Å². The van der Waals surface area contributed by atoms with Gasteiger partial charge in [0.2, 0.25) is 0 Å². The van der Waals surface area contributed by atoms with E-state index in [1.54, 1.807) is 6.07 Å². The van der Waals surface area contributed by atoms with Gasteiger partial charge in [-0.25, -0.2) is 8.42 Å². The largest absolute Gasteiger partial charge is 0.252 e. The number of rotatable bonds is 5. The summed E-state index contributed by atoms with van der Waals surface area (Å²) < 4.78 is 26.4. The maximum absolute atomic E-state index is 12.3. The van der Waals surface area contributed by atoms with E-state index < -0.39 is 10.0 Å². The SMILES string of the molecule is CCC(C)N(CC)S(=O)(=O)c1ccc(C#N)s1. The molecule has 0 saturated heterocycles. The molecular weight excluding hydrogens is 256 g/mol. The summed E-state index contributed by atoms with van der Waals surface area (Å²) in [6, 6.07) is 4.97. The second-order valence-corrected chi connectivity index (χ2v) is 6.90. The molecule has 6 heteroatoms. The van der Waals surface area contributed by atoms with Gasteiger partial charge >= 0.3 is 0 Å². The molecule has 0 bridgehead atoms. The molecular formula is C11H16N2O2S2. The van der Waals surface area contributed by atoms with Crippen molar-refractivity contribution in [2.24, 2.45) is 0 Å². The Labute approximate surface area is 107 Å². The zero-order chi connectivity index (χ0) is 13.1. The Bertz CT molecular complexity index is 514. The summed E-state index contributed by atoms with van der Waals surface area (Å²) in [6.45, 7) is 6.11. The van der Waals surface area contributed by atoms with Gasteiger partial charge in [-0.05, 0) is 25.5 Å². The maximum Gasteiger partial charge on any atom is 0.252 e. The van der Waals surface area contributed by atoms with Crippen LogP contribution in [0.4, 0.5) is 0 Å². The molecule has 0 fully saturated rings. The third kappa shape index (κ3) is 2.86. The predicted molar refractivity (Wildman–Crippen MR) is 68.4 cm³/mol. The Morgan fingerprint density at radius 1 is 1.47 bits per heavy atom. The first-order valence-electron chi connectivity index (χ1n) is 5.49. The van der Waals surface area contributed by atoms with Crippen molar-refractivity contribution >= 4 is 21.4 Å². The van der Waals surface area contributed by atoms with Crippen molar-refractivity contribution < 1.29 is 8.42 Å². The molecule has 1 heterocycles. The molecule has 17 heavy (non-hydrogen) atoms. The van der Waals surface area contributed by atoms with Gasteiger partial charge in [0.15, 0.2) is 0 Å². The van der Waals surface area contributed by atoms with Gasteiger partial charge < -0.3 is 0 Å². The van der Waals surface area contributed by atoms with E-state index in [9.17, 15) is 8.42 Å². The Morgan fingerprint density at radius 3 is 2.53 bits per heavy atom. The number of hydrogen-bond acceptors (Lipinski definition) is 4. The van der Waals surface area contributed by atoms with Crippen LogP contribution in [0, 0.1) is 11.3 Å². The van der Waals surface area contributed by atoms with Crippen LogP contribution in [0.5, 0.6) is 0 Å². The van der Waals surface area contributed by atoms with E-state index in [0.717, 1.165) is 17.8 Å². The highest BCUT2D eigenvalue weighted by Crippen LogP contribution is 2.26. The number of nitriles is 1. The Kier molecular flexibility index (Phi) is 4.69. The van der Waals surface area contributed by atoms with Crippen LogP contribution >= 0.6 is 11.3 Å². The van der Waals surface area contributed by atoms with E-state index in [1.165, 1.54) is 10.4 Å². The van der Waals surface area contributed by atoms with Crippen LogP contribution in [0.25, 0.3) is 0 Å². The highest BCUT2D eigenvalue weighted by atomic mass is 32.2. The minimum absolute atomic E-state index is 0.0300. The summed E-state index contributed by atoms with van der Waals surface area (Å²) >= 11 is 1.02. The smallest absolute Gasteiger partial charge is 0.206 e. The van der Waals surface area contributed by atoms with E-state index in [-0.39, 0.29) is 10.3 Å². The first kappa shape index (κ1) is 14.2. The van der Waals surface area contributed by atoms with Gasteiger partial charge in [-0.3, -0.25) is 0 Å². The van der Waals surface area contributed by atoms with Gasteiger partial charge in [-0.1, -0.05) is 13.8 Å². The zero-order valence-electron chi connectivity index (χ0n) is 10.2. The number of sulfonamides is 1. The molecule has 1 atom stereocenters. The average molecular weight is 272 g/mol. The van der Waals surface area contributed by atoms with E-state index in [1.807, 2.05) is 26.8 Å². The van der Waals surface area contributed by atoms with Crippen molar-refractivity contribution in [1.29, 1.82) is 5.26 Å². The molecule has 1 rings (SSSR count). The molecule has 0 aliphatic rings. The quantitative estimate of drug-likeness (QED) is 0.827. The number of thiophene rings is 1. The van der Waals surface area contributed by atoms with Gasteiger partial charge in [0, 0.05) is 12.6 Å². The highest BCUT2D eigenvalue weighted by Gasteiger charge is 2.28. The monoisotopic (exact) mass is 272 g/mol. The molecule has 1 aromatic heterocycles. The normalized spacial score (nSPS) is 13.6. The highest BCUT2D eigenvalue weighted by molar-refractivity contribution is 7.91. The molecule has 0 aliphatic heterocycles. The molecule has 0 N–H and O–H groups in total. The molecule has 0 radical (unpaired) electrons. The van der Waals surface area contributed by atoms with Crippen LogP contribution in [-0.2, 0) is 10.0 Å². The first-order chi connectivity index (χ1) is 7.97. The van der Waals surface area contributed by atoms with Gasteiger partial charge in [0.1, 0.15) is 15.2 Å². The molecule has 1 unspecified atom stereocenters. The van der Waals surface area contributed by atoms with Crippen LogP contribution in [0.2, 0.25) is 0 Å². The standard InChI is InChI=1S/C11H16N2O2S2/c1-4-9(3)13(5-2)17(14,15)11-7-6-10(8-12)16-11/h6-7,9H,4-5H2,1-3H3. The van der Waals surface area contributed by atoms with Crippen LogP contribution in [0.15, 0.2) is 16.3 Å². The lowest BCUT2D eigenvalue weighted by atomic mass is 10.3. The molecule has 94 valence electrons. The lowest BCUT2D eigenvalue weighted by Crippen LogP contribution is -2.37. The average Bonchev–Trinajstić information content (AvgIpc) is 2.78. The fourth-order valence-electron chi connectivity index (χ4n) is 1.56. The van der Waals surface area contributed by atoms with Crippen LogP contribution in [-0.4, -0.2) is 25.3 Å². The first-order valence-corrected chi connectivity index (χ1v) is 7.74. The summed E-state index contributed by atoms with van der Waals surface area (Å²) in [5.41, 5.74) is 0. The fourth-order valence-corrected chi connectivity index (χ4v) is 4.50. The summed E-state index contributed by atoms with van der Waals surface area (Å²) in [6.07, 6.45) is 0.767.